The van der Waals surface area contributed by atoms with Gasteiger partial charge in [0.25, 0.3) is 0 Å². The molecule has 0 atom stereocenters. The summed E-state index contributed by atoms with van der Waals surface area (Å²) in [4.78, 5) is 12.4. The van der Waals surface area contributed by atoms with Gasteiger partial charge in [-0.1, -0.05) is 68.5 Å². The van der Waals surface area contributed by atoms with Gasteiger partial charge >= 0.3 is 5.97 Å². The van der Waals surface area contributed by atoms with Crippen LogP contribution in [-0.2, 0) is 19.4 Å². The van der Waals surface area contributed by atoms with Gasteiger partial charge in [-0.25, -0.2) is 4.79 Å². The van der Waals surface area contributed by atoms with Crippen molar-refractivity contribution in [2.24, 2.45) is 0 Å². The lowest BCUT2D eigenvalue weighted by atomic mass is 10.0. The molecular formula is C37H36N2O3. The van der Waals surface area contributed by atoms with Gasteiger partial charge in [0.15, 0.2) is 0 Å². The number of ether oxygens (including phenoxy) is 2. The highest BCUT2D eigenvalue weighted by atomic mass is 16.5. The number of unbranched alkanes of at least 4 members (excludes halogenated alkanes) is 6. The van der Waals surface area contributed by atoms with E-state index in [4.69, 9.17) is 20.0 Å². The first-order chi connectivity index (χ1) is 20.6. The zero-order valence-electron chi connectivity index (χ0n) is 23.9. The van der Waals surface area contributed by atoms with E-state index in [1.807, 2.05) is 42.5 Å². The maximum atomic E-state index is 12.4. The molecule has 4 rings (SSSR count). The first-order valence-electron chi connectivity index (χ1n) is 14.6. The standard InChI is InChI=1S/C37H36N2O3/c38-26-31-16-22-35(23-17-31)41-28-33-12-10-29(11-13-33)8-6-4-2-1-3-5-7-9-30-14-20-34(21-15-30)37(40)42-36-24-18-32(27-39)19-25-36/h10-25H,1-9,28H2. The minimum atomic E-state index is -0.394. The highest BCUT2D eigenvalue weighted by Gasteiger charge is 2.09. The lowest BCUT2D eigenvalue weighted by Gasteiger charge is -2.08. The molecule has 0 aromatic heterocycles. The van der Waals surface area contributed by atoms with E-state index in [1.165, 1.54) is 49.7 Å². The largest absolute Gasteiger partial charge is 0.489 e. The fourth-order valence-electron chi connectivity index (χ4n) is 4.71. The molecule has 0 saturated carbocycles. The van der Waals surface area contributed by atoms with Gasteiger partial charge in [0, 0.05) is 0 Å². The van der Waals surface area contributed by atoms with Crippen LogP contribution in [0, 0.1) is 22.7 Å². The number of rotatable bonds is 15. The molecule has 0 heterocycles. The molecule has 0 aliphatic rings. The van der Waals surface area contributed by atoms with Crippen LogP contribution in [-0.4, -0.2) is 5.97 Å². The Kier molecular flexibility index (Phi) is 11.8. The smallest absolute Gasteiger partial charge is 0.343 e. The number of carbonyl (C=O) groups excluding carboxylic acids is 1. The van der Waals surface area contributed by atoms with Gasteiger partial charge in [0.1, 0.15) is 18.1 Å². The minimum Gasteiger partial charge on any atom is -0.489 e. The van der Waals surface area contributed by atoms with Crippen LogP contribution in [0.1, 0.15) is 83.1 Å². The van der Waals surface area contributed by atoms with E-state index < -0.39 is 5.97 Å². The summed E-state index contributed by atoms with van der Waals surface area (Å²) in [5.74, 6) is 0.808. The summed E-state index contributed by atoms with van der Waals surface area (Å²) in [6, 6.07) is 34.2. The Hall–Kier alpha value is -4.87. The van der Waals surface area contributed by atoms with Crippen molar-refractivity contribution in [3.05, 3.63) is 130 Å². The third-order valence-electron chi connectivity index (χ3n) is 7.23. The molecule has 0 amide bonds. The maximum absolute atomic E-state index is 12.4. The molecule has 42 heavy (non-hydrogen) atoms. The van der Waals surface area contributed by atoms with Crippen LogP contribution in [0.4, 0.5) is 0 Å². The molecule has 212 valence electrons. The summed E-state index contributed by atoms with van der Waals surface area (Å²) in [5, 5.41) is 17.8. The highest BCUT2D eigenvalue weighted by molar-refractivity contribution is 5.91. The Balaban J connectivity index is 1.02. The van der Waals surface area contributed by atoms with Gasteiger partial charge in [-0.05, 0) is 103 Å². The number of benzene rings is 4. The zero-order valence-corrected chi connectivity index (χ0v) is 23.9. The maximum Gasteiger partial charge on any atom is 0.343 e. The Morgan fingerprint density at radius 1 is 0.524 bits per heavy atom. The molecule has 5 nitrogen and oxygen atoms in total. The monoisotopic (exact) mass is 556 g/mol. The fourth-order valence-corrected chi connectivity index (χ4v) is 4.71. The van der Waals surface area contributed by atoms with E-state index in [0.29, 0.717) is 29.0 Å². The van der Waals surface area contributed by atoms with E-state index in [-0.39, 0.29) is 0 Å². The lowest BCUT2D eigenvalue weighted by molar-refractivity contribution is 0.0734. The first kappa shape index (κ1) is 30.1. The summed E-state index contributed by atoms with van der Waals surface area (Å²) in [6.07, 6.45) is 10.7. The van der Waals surface area contributed by atoms with Crippen LogP contribution in [0.2, 0.25) is 0 Å². The number of hydrogen-bond donors (Lipinski definition) is 0. The lowest BCUT2D eigenvalue weighted by Crippen LogP contribution is -2.08. The molecule has 0 bridgehead atoms. The molecule has 0 saturated heterocycles. The van der Waals surface area contributed by atoms with Crippen molar-refractivity contribution in [3.8, 4) is 23.6 Å². The molecule has 0 radical (unpaired) electrons. The van der Waals surface area contributed by atoms with Crippen LogP contribution in [0.25, 0.3) is 0 Å². The molecule has 0 N–H and O–H groups in total. The summed E-state index contributed by atoms with van der Waals surface area (Å²) in [6.45, 7) is 0.521. The average Bonchev–Trinajstić information content (AvgIpc) is 3.04. The topological polar surface area (TPSA) is 83.1 Å². The normalized spacial score (nSPS) is 10.4. The van der Waals surface area contributed by atoms with Gasteiger partial charge in [0.05, 0.1) is 28.8 Å². The Bertz CT molecular complexity index is 1480. The Labute approximate surface area is 249 Å². The second-order valence-electron chi connectivity index (χ2n) is 10.4. The number of aryl methyl sites for hydroxylation is 2. The molecule has 0 aliphatic heterocycles. The quantitative estimate of drug-likeness (QED) is 0.0830. The molecule has 0 unspecified atom stereocenters. The number of carbonyl (C=O) groups is 1. The molecule has 0 aliphatic carbocycles. The van der Waals surface area contributed by atoms with Crippen LogP contribution >= 0.6 is 0 Å². The van der Waals surface area contributed by atoms with Crippen molar-refractivity contribution in [3.63, 3.8) is 0 Å². The second kappa shape index (κ2) is 16.4. The summed E-state index contributed by atoms with van der Waals surface area (Å²) in [7, 11) is 0. The van der Waals surface area contributed by atoms with Crippen LogP contribution in [0.3, 0.4) is 0 Å². The van der Waals surface area contributed by atoms with E-state index in [1.54, 1.807) is 36.4 Å². The number of hydrogen-bond acceptors (Lipinski definition) is 5. The van der Waals surface area contributed by atoms with Crippen molar-refractivity contribution in [2.45, 2.75) is 64.4 Å². The van der Waals surface area contributed by atoms with Crippen molar-refractivity contribution < 1.29 is 14.3 Å². The molecule has 0 spiro atoms. The third-order valence-corrected chi connectivity index (χ3v) is 7.23. The van der Waals surface area contributed by atoms with Crippen molar-refractivity contribution in [1.29, 1.82) is 10.5 Å². The molecular weight excluding hydrogens is 520 g/mol. The van der Waals surface area contributed by atoms with Gasteiger partial charge in [-0.15, -0.1) is 0 Å². The van der Waals surface area contributed by atoms with Gasteiger partial charge < -0.3 is 9.47 Å². The average molecular weight is 557 g/mol. The van der Waals surface area contributed by atoms with Gasteiger partial charge in [0.2, 0.25) is 0 Å². The predicted molar refractivity (Wildman–Crippen MR) is 164 cm³/mol. The molecule has 4 aromatic carbocycles. The van der Waals surface area contributed by atoms with Crippen molar-refractivity contribution in [2.75, 3.05) is 0 Å². The van der Waals surface area contributed by atoms with Gasteiger partial charge in [-0.2, -0.15) is 10.5 Å². The fraction of sp³-hybridized carbons (Fsp3) is 0.270. The van der Waals surface area contributed by atoms with Crippen LogP contribution < -0.4 is 9.47 Å². The van der Waals surface area contributed by atoms with Gasteiger partial charge in [-0.3, -0.25) is 0 Å². The number of nitriles is 2. The number of esters is 1. The van der Waals surface area contributed by atoms with E-state index in [0.717, 1.165) is 30.6 Å². The minimum absolute atomic E-state index is 0.394. The van der Waals surface area contributed by atoms with Crippen molar-refractivity contribution in [1.82, 2.24) is 0 Å². The predicted octanol–water partition coefficient (Wildman–Crippen LogP) is 8.74. The summed E-state index contributed by atoms with van der Waals surface area (Å²) in [5.41, 5.74) is 5.42. The van der Waals surface area contributed by atoms with E-state index in [9.17, 15) is 4.79 Å². The van der Waals surface area contributed by atoms with E-state index in [2.05, 4.69) is 30.3 Å². The Morgan fingerprint density at radius 2 is 0.952 bits per heavy atom. The summed E-state index contributed by atoms with van der Waals surface area (Å²) >= 11 is 0. The highest BCUT2D eigenvalue weighted by Crippen LogP contribution is 2.18. The van der Waals surface area contributed by atoms with Crippen molar-refractivity contribution >= 4 is 5.97 Å². The zero-order chi connectivity index (χ0) is 29.4. The molecule has 0 fully saturated rings. The molecule has 4 aromatic rings. The van der Waals surface area contributed by atoms with Crippen LogP contribution in [0.5, 0.6) is 11.5 Å². The SMILES string of the molecule is N#Cc1ccc(OCc2ccc(CCCCCCCCCc3ccc(C(=O)Oc4ccc(C#N)cc4)cc3)cc2)cc1. The second-order valence-corrected chi connectivity index (χ2v) is 10.4. The first-order valence-corrected chi connectivity index (χ1v) is 14.6. The number of nitrogens with zero attached hydrogens (tertiary/aromatic N) is 2. The summed E-state index contributed by atoms with van der Waals surface area (Å²) < 4.78 is 11.2. The molecule has 5 heteroatoms. The Morgan fingerprint density at radius 3 is 1.45 bits per heavy atom. The van der Waals surface area contributed by atoms with Crippen LogP contribution in [0.15, 0.2) is 97.1 Å². The van der Waals surface area contributed by atoms with E-state index >= 15 is 0 Å². The third kappa shape index (κ3) is 9.95.